The Labute approximate surface area is 70.3 Å². The lowest BCUT2D eigenvalue weighted by molar-refractivity contribution is -0.114. The van der Waals surface area contributed by atoms with Gasteiger partial charge in [0.25, 0.3) is 16.0 Å². The van der Waals surface area contributed by atoms with Crippen molar-refractivity contribution in [2.75, 3.05) is 0 Å². The summed E-state index contributed by atoms with van der Waals surface area (Å²) in [6.45, 7) is 3.30. The van der Waals surface area contributed by atoms with Crippen molar-refractivity contribution in [3.63, 3.8) is 0 Å². The highest BCUT2D eigenvalue weighted by atomic mass is 32.2. The van der Waals surface area contributed by atoms with Crippen LogP contribution in [0.2, 0.25) is 0 Å². The van der Waals surface area contributed by atoms with Gasteiger partial charge in [0.1, 0.15) is 0 Å². The average Bonchev–Trinajstić information content (AvgIpc) is 1.84. The Morgan fingerprint density at radius 2 is 2.08 bits per heavy atom. The number of hydrogen-bond donors (Lipinski definition) is 2. The second-order valence-corrected chi connectivity index (χ2v) is 3.32. The van der Waals surface area contributed by atoms with Crippen LogP contribution in [-0.2, 0) is 14.9 Å². The van der Waals surface area contributed by atoms with E-state index >= 15 is 0 Å². The second kappa shape index (κ2) is 4.03. The number of carbonyl (C=O) groups excluding carboxylic acids is 1. The van der Waals surface area contributed by atoms with Crippen molar-refractivity contribution in [1.29, 1.82) is 0 Å². The molecule has 0 spiro atoms. The van der Waals surface area contributed by atoms with E-state index in [1.165, 1.54) is 6.08 Å². The van der Waals surface area contributed by atoms with Gasteiger partial charge in [-0.25, -0.2) is 0 Å². The van der Waals surface area contributed by atoms with Crippen LogP contribution in [0.15, 0.2) is 23.6 Å². The number of rotatable bonds is 4. The van der Waals surface area contributed by atoms with Crippen molar-refractivity contribution in [2.24, 2.45) is 5.73 Å². The largest absolute Gasteiger partial charge is 0.365 e. The molecule has 0 atom stereocenters. The molecule has 0 aromatic heterocycles. The molecule has 0 heterocycles. The molecular weight excluding hydrogens is 182 g/mol. The van der Waals surface area contributed by atoms with Crippen molar-refractivity contribution < 1.29 is 17.8 Å². The van der Waals surface area contributed by atoms with Gasteiger partial charge in [-0.15, -0.1) is 6.58 Å². The van der Waals surface area contributed by atoms with Crippen molar-refractivity contribution in [3.8, 4) is 0 Å². The first-order valence-corrected chi connectivity index (χ1v) is 4.42. The zero-order valence-corrected chi connectivity index (χ0v) is 7.04. The molecular formula is C6H9NO4S. The van der Waals surface area contributed by atoms with Gasteiger partial charge in [-0.1, -0.05) is 12.2 Å². The van der Waals surface area contributed by atoms with E-state index in [9.17, 15) is 13.2 Å². The summed E-state index contributed by atoms with van der Waals surface area (Å²) in [6, 6.07) is 0. The number of primary amides is 1. The Bertz CT molecular complexity index is 314. The molecule has 0 fully saturated rings. The number of amides is 1. The first-order valence-electron chi connectivity index (χ1n) is 2.98. The number of carbonyl (C=O) groups is 1. The molecule has 0 radical (unpaired) electrons. The number of hydrogen-bond acceptors (Lipinski definition) is 3. The molecule has 0 aliphatic rings. The van der Waals surface area contributed by atoms with E-state index in [0.717, 1.165) is 6.08 Å². The zero-order valence-electron chi connectivity index (χ0n) is 6.23. The van der Waals surface area contributed by atoms with Gasteiger partial charge in [0, 0.05) is 0 Å². The predicted octanol–water partition coefficient (Wildman–Crippen LogP) is -0.180. The lowest BCUT2D eigenvalue weighted by atomic mass is 10.3. The van der Waals surface area contributed by atoms with E-state index in [2.05, 4.69) is 12.3 Å². The normalized spacial score (nSPS) is 12.6. The average molecular weight is 191 g/mol. The minimum absolute atomic E-state index is 0.151. The van der Waals surface area contributed by atoms with E-state index in [0.29, 0.717) is 0 Å². The first kappa shape index (κ1) is 10.9. The van der Waals surface area contributed by atoms with Gasteiger partial charge in [0.05, 0.1) is 0 Å². The SMILES string of the molecule is C=CC/C=C(\C(N)=O)S(=O)(=O)O. The van der Waals surface area contributed by atoms with Crippen LogP contribution in [0, 0.1) is 0 Å². The molecule has 3 N–H and O–H groups in total. The van der Waals surface area contributed by atoms with Crippen LogP contribution in [0.3, 0.4) is 0 Å². The molecule has 0 rings (SSSR count). The summed E-state index contributed by atoms with van der Waals surface area (Å²) in [4.78, 5) is 9.63. The maximum atomic E-state index is 10.4. The summed E-state index contributed by atoms with van der Waals surface area (Å²) in [5.41, 5.74) is 4.68. The van der Waals surface area contributed by atoms with Gasteiger partial charge in [0.15, 0.2) is 4.91 Å². The Balaban J connectivity index is 4.94. The van der Waals surface area contributed by atoms with Crippen LogP contribution in [0.25, 0.3) is 0 Å². The maximum absolute atomic E-state index is 10.4. The molecule has 12 heavy (non-hydrogen) atoms. The summed E-state index contributed by atoms with van der Waals surface area (Å²) in [5, 5.41) is 0. The Morgan fingerprint density at radius 3 is 2.33 bits per heavy atom. The number of allylic oxidation sites excluding steroid dienone is 2. The first-order chi connectivity index (χ1) is 5.39. The fourth-order valence-corrected chi connectivity index (χ4v) is 1.08. The van der Waals surface area contributed by atoms with Crippen LogP contribution in [0.4, 0.5) is 0 Å². The third kappa shape index (κ3) is 3.31. The smallest absolute Gasteiger partial charge is 0.299 e. The topological polar surface area (TPSA) is 97.5 Å². The lowest BCUT2D eigenvalue weighted by Gasteiger charge is -1.96. The fourth-order valence-electron chi connectivity index (χ4n) is 0.523. The van der Waals surface area contributed by atoms with Gasteiger partial charge in [0.2, 0.25) is 0 Å². The lowest BCUT2D eigenvalue weighted by Crippen LogP contribution is -2.20. The quantitative estimate of drug-likeness (QED) is 0.366. The molecule has 68 valence electrons. The van der Waals surface area contributed by atoms with Crippen molar-refractivity contribution >= 4 is 16.0 Å². The minimum Gasteiger partial charge on any atom is -0.365 e. The van der Waals surface area contributed by atoms with Crippen molar-refractivity contribution in [3.05, 3.63) is 23.6 Å². The molecule has 0 aromatic carbocycles. The van der Waals surface area contributed by atoms with Crippen LogP contribution in [-0.4, -0.2) is 18.9 Å². The predicted molar refractivity (Wildman–Crippen MR) is 43.6 cm³/mol. The van der Waals surface area contributed by atoms with Crippen LogP contribution in [0.5, 0.6) is 0 Å². The van der Waals surface area contributed by atoms with E-state index < -0.39 is 20.9 Å². The molecule has 6 heteroatoms. The van der Waals surface area contributed by atoms with Gasteiger partial charge in [-0.05, 0) is 6.42 Å². The summed E-state index contributed by atoms with van der Waals surface area (Å²) < 4.78 is 29.3. The number of nitrogens with two attached hydrogens (primary N) is 1. The molecule has 5 nitrogen and oxygen atoms in total. The molecule has 0 aliphatic carbocycles. The molecule has 1 amide bonds. The molecule has 0 bridgehead atoms. The monoisotopic (exact) mass is 191 g/mol. The van der Waals surface area contributed by atoms with Gasteiger partial charge in [-0.3, -0.25) is 9.35 Å². The van der Waals surface area contributed by atoms with E-state index in [-0.39, 0.29) is 6.42 Å². The standard InChI is InChI=1S/C6H9NO4S/c1-2-3-4-5(6(7)8)12(9,10)11/h2,4H,1,3H2,(H2,7,8)(H,9,10,11)/b5-4+. The Hall–Kier alpha value is -1.14. The van der Waals surface area contributed by atoms with Crippen molar-refractivity contribution in [1.82, 2.24) is 0 Å². The third-order valence-electron chi connectivity index (χ3n) is 0.991. The van der Waals surface area contributed by atoms with Gasteiger partial charge in [-0.2, -0.15) is 8.42 Å². The van der Waals surface area contributed by atoms with Crippen LogP contribution < -0.4 is 5.73 Å². The Kier molecular flexibility index (Phi) is 3.65. The molecule has 0 unspecified atom stereocenters. The Morgan fingerprint density at radius 1 is 1.58 bits per heavy atom. The van der Waals surface area contributed by atoms with E-state index in [1.54, 1.807) is 0 Å². The highest BCUT2D eigenvalue weighted by Gasteiger charge is 2.18. The highest BCUT2D eigenvalue weighted by Crippen LogP contribution is 2.04. The van der Waals surface area contributed by atoms with Gasteiger partial charge >= 0.3 is 0 Å². The zero-order chi connectivity index (χ0) is 9.78. The highest BCUT2D eigenvalue weighted by molar-refractivity contribution is 7.90. The molecule has 0 saturated heterocycles. The van der Waals surface area contributed by atoms with Crippen LogP contribution in [0.1, 0.15) is 6.42 Å². The summed E-state index contributed by atoms with van der Waals surface area (Å²) in [7, 11) is -4.50. The van der Waals surface area contributed by atoms with E-state index in [1.807, 2.05) is 0 Å². The van der Waals surface area contributed by atoms with Gasteiger partial charge < -0.3 is 5.73 Å². The minimum atomic E-state index is -4.50. The molecule has 0 aromatic rings. The van der Waals surface area contributed by atoms with Crippen LogP contribution >= 0.6 is 0 Å². The second-order valence-electron chi connectivity index (χ2n) is 1.93. The summed E-state index contributed by atoms with van der Waals surface area (Å²) >= 11 is 0. The molecule has 0 saturated carbocycles. The van der Waals surface area contributed by atoms with E-state index in [4.69, 9.17) is 4.55 Å². The molecule has 0 aliphatic heterocycles. The summed E-state index contributed by atoms with van der Waals surface area (Å²) in [5.74, 6) is -1.18. The summed E-state index contributed by atoms with van der Waals surface area (Å²) in [6.07, 6.45) is 2.51. The third-order valence-corrected chi connectivity index (χ3v) is 1.91. The maximum Gasteiger partial charge on any atom is 0.299 e. The van der Waals surface area contributed by atoms with Crippen molar-refractivity contribution in [2.45, 2.75) is 6.42 Å². The fraction of sp³-hybridized carbons (Fsp3) is 0.167.